The van der Waals surface area contributed by atoms with Crippen molar-refractivity contribution in [1.82, 2.24) is 14.7 Å². The molecular weight excluding hydrogens is 398 g/mol. The van der Waals surface area contributed by atoms with Crippen molar-refractivity contribution >= 4 is 22.0 Å². The van der Waals surface area contributed by atoms with Gasteiger partial charge in [-0.2, -0.15) is 0 Å². The van der Waals surface area contributed by atoms with Crippen LogP contribution in [0.2, 0.25) is 0 Å². The predicted molar refractivity (Wildman–Crippen MR) is 106 cm³/mol. The molecule has 0 radical (unpaired) electrons. The normalized spacial score (nSPS) is 17.5. The number of aliphatic hydroxyl groups excluding tert-OH is 1. The first-order valence-corrected chi connectivity index (χ1v) is 9.69. The van der Waals surface area contributed by atoms with E-state index in [0.29, 0.717) is 13.1 Å². The molecule has 0 bridgehead atoms. The molecule has 1 aliphatic rings. The van der Waals surface area contributed by atoms with Gasteiger partial charge in [0, 0.05) is 42.8 Å². The van der Waals surface area contributed by atoms with Gasteiger partial charge in [0.2, 0.25) is 0 Å². The van der Waals surface area contributed by atoms with Gasteiger partial charge in [-0.1, -0.05) is 22.0 Å². The molecule has 1 aliphatic heterocycles. The Bertz CT molecular complexity index is 623. The highest BCUT2D eigenvalue weighted by atomic mass is 79.9. The molecular formula is C19H30BrN3O3. The lowest BCUT2D eigenvalue weighted by Gasteiger charge is -2.36. The topological polar surface area (TPSA) is 56.2 Å². The Morgan fingerprint density at radius 1 is 1.27 bits per heavy atom. The van der Waals surface area contributed by atoms with Gasteiger partial charge in [-0.3, -0.25) is 9.80 Å². The number of nitrogens with zero attached hydrogens (tertiary/aromatic N) is 3. The number of halogens is 1. The minimum Gasteiger partial charge on any atom is -0.444 e. The Kier molecular flexibility index (Phi) is 7.07. The molecule has 1 fully saturated rings. The molecule has 6 nitrogen and oxygen atoms in total. The number of ether oxygens (including phenoxy) is 1. The quantitative estimate of drug-likeness (QED) is 0.748. The Morgan fingerprint density at radius 2 is 1.88 bits per heavy atom. The van der Waals surface area contributed by atoms with Crippen LogP contribution in [0.3, 0.4) is 0 Å². The summed E-state index contributed by atoms with van der Waals surface area (Å²) in [6.07, 6.45) is -0.893. The van der Waals surface area contributed by atoms with Crippen LogP contribution >= 0.6 is 15.9 Å². The second-order valence-corrected chi connectivity index (χ2v) is 8.84. The largest absolute Gasteiger partial charge is 0.444 e. The number of benzene rings is 1. The van der Waals surface area contributed by atoms with Crippen molar-refractivity contribution in [3.63, 3.8) is 0 Å². The predicted octanol–water partition coefficient (Wildman–Crippen LogP) is 3.05. The average molecular weight is 428 g/mol. The highest BCUT2D eigenvalue weighted by Crippen LogP contribution is 2.25. The molecule has 0 spiro atoms. The van der Waals surface area contributed by atoms with Crippen molar-refractivity contribution in [2.24, 2.45) is 0 Å². The highest BCUT2D eigenvalue weighted by molar-refractivity contribution is 9.10. The summed E-state index contributed by atoms with van der Waals surface area (Å²) in [6.45, 7) is 9.26. The monoisotopic (exact) mass is 427 g/mol. The van der Waals surface area contributed by atoms with Crippen LogP contribution in [0.4, 0.5) is 4.79 Å². The van der Waals surface area contributed by atoms with Gasteiger partial charge in [-0.15, -0.1) is 0 Å². The summed E-state index contributed by atoms with van der Waals surface area (Å²) >= 11 is 3.49. The molecule has 1 N–H and O–H groups in total. The van der Waals surface area contributed by atoms with Crippen molar-refractivity contribution in [1.29, 1.82) is 0 Å². The molecule has 1 unspecified atom stereocenters. The Hall–Kier alpha value is -1.15. The summed E-state index contributed by atoms with van der Waals surface area (Å²) in [7, 11) is 3.71. The third kappa shape index (κ3) is 5.94. The number of aliphatic hydroxyl groups is 1. The molecule has 1 aromatic carbocycles. The fourth-order valence-electron chi connectivity index (χ4n) is 2.88. The van der Waals surface area contributed by atoms with Crippen molar-refractivity contribution in [2.75, 3.05) is 40.3 Å². The number of hydrogen-bond acceptors (Lipinski definition) is 5. The maximum atomic E-state index is 12.2. The first-order chi connectivity index (χ1) is 12.1. The van der Waals surface area contributed by atoms with Gasteiger partial charge >= 0.3 is 6.09 Å². The first-order valence-electron chi connectivity index (χ1n) is 8.90. The first kappa shape index (κ1) is 21.2. The second kappa shape index (κ2) is 8.69. The molecule has 1 amide bonds. The van der Waals surface area contributed by atoms with Crippen LogP contribution in [-0.2, 0) is 11.3 Å². The molecule has 146 valence electrons. The van der Waals surface area contributed by atoms with Crippen molar-refractivity contribution in [2.45, 2.75) is 39.1 Å². The van der Waals surface area contributed by atoms with Crippen molar-refractivity contribution in [3.8, 4) is 0 Å². The SMILES string of the molecule is CN(C)C(O)c1cc(Br)ccc1CN1CCN(C(=O)OC(C)(C)C)CC1. The van der Waals surface area contributed by atoms with Crippen LogP contribution in [0, 0.1) is 0 Å². The maximum absolute atomic E-state index is 12.2. The lowest BCUT2D eigenvalue weighted by atomic mass is 10.0. The molecule has 1 heterocycles. The van der Waals surface area contributed by atoms with E-state index in [0.717, 1.165) is 35.2 Å². The van der Waals surface area contributed by atoms with Gasteiger partial charge in [-0.05, 0) is 52.6 Å². The number of carbonyl (C=O) groups is 1. The summed E-state index contributed by atoms with van der Waals surface area (Å²) in [5.74, 6) is 0. The molecule has 1 saturated heterocycles. The zero-order chi connectivity index (χ0) is 19.5. The lowest BCUT2D eigenvalue weighted by Crippen LogP contribution is -2.49. The van der Waals surface area contributed by atoms with Crippen molar-refractivity contribution < 1.29 is 14.6 Å². The van der Waals surface area contributed by atoms with E-state index in [4.69, 9.17) is 4.74 Å². The highest BCUT2D eigenvalue weighted by Gasteiger charge is 2.26. The van der Waals surface area contributed by atoms with E-state index in [1.54, 1.807) is 9.80 Å². The van der Waals surface area contributed by atoms with E-state index in [1.165, 1.54) is 0 Å². The van der Waals surface area contributed by atoms with Gasteiger partial charge in [0.15, 0.2) is 0 Å². The molecule has 7 heteroatoms. The van der Waals surface area contributed by atoms with E-state index in [9.17, 15) is 9.90 Å². The summed E-state index contributed by atoms with van der Waals surface area (Å²) in [5.41, 5.74) is 1.53. The lowest BCUT2D eigenvalue weighted by molar-refractivity contribution is 0.0135. The van der Waals surface area contributed by atoms with Gasteiger partial charge in [0.1, 0.15) is 11.8 Å². The van der Waals surface area contributed by atoms with Gasteiger partial charge in [0.25, 0.3) is 0 Å². The zero-order valence-corrected chi connectivity index (χ0v) is 17.9. The minimum atomic E-state index is -0.648. The van der Waals surface area contributed by atoms with E-state index in [-0.39, 0.29) is 6.09 Å². The third-order valence-electron chi connectivity index (χ3n) is 4.29. The summed E-state index contributed by atoms with van der Waals surface area (Å²) in [4.78, 5) is 18.0. The Labute approximate surface area is 164 Å². The molecule has 2 rings (SSSR count). The van der Waals surface area contributed by atoms with Crippen LogP contribution in [0.15, 0.2) is 22.7 Å². The van der Waals surface area contributed by atoms with E-state index >= 15 is 0 Å². The fourth-order valence-corrected chi connectivity index (χ4v) is 3.26. The molecule has 26 heavy (non-hydrogen) atoms. The van der Waals surface area contributed by atoms with Crippen LogP contribution in [0.1, 0.15) is 38.1 Å². The van der Waals surface area contributed by atoms with Crippen LogP contribution in [0.5, 0.6) is 0 Å². The summed E-state index contributed by atoms with van der Waals surface area (Å²) < 4.78 is 6.40. The zero-order valence-electron chi connectivity index (χ0n) is 16.3. The Balaban J connectivity index is 1.99. The van der Waals surface area contributed by atoms with Crippen LogP contribution < -0.4 is 0 Å². The number of carbonyl (C=O) groups excluding carboxylic acids is 1. The average Bonchev–Trinajstić information content (AvgIpc) is 2.54. The number of rotatable bonds is 4. The molecule has 0 saturated carbocycles. The molecule has 1 atom stereocenters. The van der Waals surface area contributed by atoms with Crippen LogP contribution in [0.25, 0.3) is 0 Å². The molecule has 0 aliphatic carbocycles. The number of hydrogen-bond donors (Lipinski definition) is 1. The van der Waals surface area contributed by atoms with E-state index in [1.807, 2.05) is 53.1 Å². The second-order valence-electron chi connectivity index (χ2n) is 7.92. The van der Waals surface area contributed by atoms with Crippen molar-refractivity contribution in [3.05, 3.63) is 33.8 Å². The van der Waals surface area contributed by atoms with Gasteiger partial charge in [0.05, 0.1) is 0 Å². The maximum Gasteiger partial charge on any atom is 0.410 e. The summed E-state index contributed by atoms with van der Waals surface area (Å²) in [5, 5.41) is 10.5. The number of amides is 1. The van der Waals surface area contributed by atoms with E-state index in [2.05, 4.69) is 20.8 Å². The molecule has 0 aromatic heterocycles. The fraction of sp³-hybridized carbons (Fsp3) is 0.632. The van der Waals surface area contributed by atoms with Gasteiger partial charge in [-0.25, -0.2) is 4.79 Å². The number of piperazine rings is 1. The standard InChI is InChI=1S/C19H30BrN3O3/c1-19(2,3)26-18(25)23-10-8-22(9-11-23)13-14-6-7-15(20)12-16(14)17(24)21(4)5/h6-7,12,17,24H,8-11,13H2,1-5H3. The van der Waals surface area contributed by atoms with Crippen LogP contribution in [-0.4, -0.2) is 71.8 Å². The third-order valence-corrected chi connectivity index (χ3v) is 4.79. The summed E-state index contributed by atoms with van der Waals surface area (Å²) in [6, 6.07) is 6.02. The molecule has 1 aromatic rings. The smallest absolute Gasteiger partial charge is 0.410 e. The van der Waals surface area contributed by atoms with E-state index < -0.39 is 11.8 Å². The van der Waals surface area contributed by atoms with Gasteiger partial charge < -0.3 is 14.7 Å². The Morgan fingerprint density at radius 3 is 2.42 bits per heavy atom. The minimum absolute atomic E-state index is 0.246.